The summed E-state index contributed by atoms with van der Waals surface area (Å²) in [6.45, 7) is 5.62. The Labute approximate surface area is 218 Å². The number of rotatable bonds is 7. The highest BCUT2D eigenvalue weighted by molar-refractivity contribution is 6.33. The monoisotopic (exact) mass is 510 g/mol. The van der Waals surface area contributed by atoms with Gasteiger partial charge < -0.3 is 20.1 Å². The number of pyridine rings is 2. The maximum atomic E-state index is 9.73. The zero-order valence-corrected chi connectivity index (χ0v) is 21.5. The van der Waals surface area contributed by atoms with Gasteiger partial charge in [-0.25, -0.2) is 9.97 Å². The lowest BCUT2D eigenvalue weighted by atomic mass is 9.82. The van der Waals surface area contributed by atoms with E-state index in [0.717, 1.165) is 74.9 Å². The molecular formula is C27H35ClN6O2. The lowest BCUT2D eigenvalue weighted by Crippen LogP contribution is -2.46. The van der Waals surface area contributed by atoms with Crippen LogP contribution in [0.5, 0.6) is 0 Å². The van der Waals surface area contributed by atoms with Crippen LogP contribution in [0, 0.1) is 16.7 Å². The molecule has 36 heavy (non-hydrogen) atoms. The number of ether oxygens (including phenoxy) is 2. The van der Waals surface area contributed by atoms with Gasteiger partial charge in [0.1, 0.15) is 11.6 Å². The molecule has 3 fully saturated rings. The van der Waals surface area contributed by atoms with Gasteiger partial charge in [-0.15, -0.1) is 0 Å². The van der Waals surface area contributed by atoms with E-state index >= 15 is 0 Å². The molecule has 2 aromatic rings. The van der Waals surface area contributed by atoms with E-state index in [1.54, 1.807) is 6.20 Å². The average molecular weight is 511 g/mol. The molecule has 9 heteroatoms. The molecule has 2 saturated heterocycles. The van der Waals surface area contributed by atoms with Crippen LogP contribution in [0.1, 0.15) is 38.5 Å². The Morgan fingerprint density at radius 1 is 1.06 bits per heavy atom. The van der Waals surface area contributed by atoms with Gasteiger partial charge >= 0.3 is 0 Å². The zero-order chi connectivity index (χ0) is 24.8. The maximum Gasteiger partial charge on any atom is 0.126 e. The van der Waals surface area contributed by atoms with Crippen molar-refractivity contribution in [1.82, 2.24) is 14.9 Å². The van der Waals surface area contributed by atoms with Crippen LogP contribution in [-0.2, 0) is 9.47 Å². The van der Waals surface area contributed by atoms with Crippen LogP contribution in [0.3, 0.4) is 0 Å². The van der Waals surface area contributed by atoms with Crippen LogP contribution < -0.4 is 10.6 Å². The minimum Gasteiger partial charge on any atom is -0.381 e. The molecule has 5 rings (SSSR count). The fourth-order valence-electron chi connectivity index (χ4n) is 5.48. The van der Waals surface area contributed by atoms with Crippen molar-refractivity contribution in [2.45, 2.75) is 50.6 Å². The summed E-state index contributed by atoms with van der Waals surface area (Å²) in [5.41, 5.74) is 1.22. The highest BCUT2D eigenvalue weighted by Gasteiger charge is 2.32. The van der Waals surface area contributed by atoms with E-state index in [0.29, 0.717) is 36.9 Å². The SMILES string of the molecule is N#CC1(CNc2cccc(-c3cc(NC4CCC(N5CCOCC5)CC4)ncc3Cl)n2)CCOCC1. The van der Waals surface area contributed by atoms with E-state index in [2.05, 4.69) is 26.6 Å². The Kier molecular flexibility index (Phi) is 8.22. The van der Waals surface area contributed by atoms with Crippen molar-refractivity contribution < 1.29 is 9.47 Å². The maximum absolute atomic E-state index is 9.73. The fourth-order valence-corrected chi connectivity index (χ4v) is 5.68. The van der Waals surface area contributed by atoms with Crippen LogP contribution in [0.4, 0.5) is 11.6 Å². The molecule has 4 heterocycles. The summed E-state index contributed by atoms with van der Waals surface area (Å²) in [5, 5.41) is 17.3. The smallest absolute Gasteiger partial charge is 0.126 e. The predicted molar refractivity (Wildman–Crippen MR) is 141 cm³/mol. The van der Waals surface area contributed by atoms with Crippen LogP contribution >= 0.6 is 11.6 Å². The highest BCUT2D eigenvalue weighted by Crippen LogP contribution is 2.32. The molecule has 2 aromatic heterocycles. The molecule has 0 unspecified atom stereocenters. The Hall–Kier alpha value is -2.44. The van der Waals surface area contributed by atoms with Gasteiger partial charge in [0.15, 0.2) is 0 Å². The summed E-state index contributed by atoms with van der Waals surface area (Å²) >= 11 is 6.55. The summed E-state index contributed by atoms with van der Waals surface area (Å²) in [5.74, 6) is 1.56. The predicted octanol–water partition coefficient (Wildman–Crippen LogP) is 4.58. The number of hydrogen-bond acceptors (Lipinski definition) is 8. The number of anilines is 2. The number of hydrogen-bond donors (Lipinski definition) is 2. The van der Waals surface area contributed by atoms with Crippen LogP contribution in [0.2, 0.25) is 5.02 Å². The normalized spacial score (nSPS) is 24.6. The molecule has 2 aliphatic heterocycles. The fraction of sp³-hybridized carbons (Fsp3) is 0.593. The third-order valence-electron chi connectivity index (χ3n) is 7.79. The molecule has 192 valence electrons. The Bertz CT molecular complexity index is 1060. The van der Waals surface area contributed by atoms with Crippen molar-refractivity contribution in [1.29, 1.82) is 5.26 Å². The summed E-state index contributed by atoms with van der Waals surface area (Å²) in [6, 6.07) is 11.4. The number of nitriles is 1. The molecule has 0 atom stereocenters. The molecule has 0 radical (unpaired) electrons. The van der Waals surface area contributed by atoms with E-state index in [1.165, 1.54) is 12.8 Å². The molecule has 0 aromatic carbocycles. The van der Waals surface area contributed by atoms with Gasteiger partial charge in [0.05, 0.1) is 35.4 Å². The molecule has 3 aliphatic rings. The molecule has 0 spiro atoms. The summed E-state index contributed by atoms with van der Waals surface area (Å²) in [4.78, 5) is 11.9. The van der Waals surface area contributed by atoms with Crippen LogP contribution in [-0.4, -0.2) is 73.0 Å². The topological polar surface area (TPSA) is 95.3 Å². The summed E-state index contributed by atoms with van der Waals surface area (Å²) in [6.07, 6.45) is 7.82. The largest absolute Gasteiger partial charge is 0.381 e. The van der Waals surface area contributed by atoms with Crippen LogP contribution in [0.25, 0.3) is 11.3 Å². The molecule has 0 amide bonds. The molecule has 0 bridgehead atoms. The lowest BCUT2D eigenvalue weighted by Gasteiger charge is -2.39. The molecule has 8 nitrogen and oxygen atoms in total. The third-order valence-corrected chi connectivity index (χ3v) is 8.09. The van der Waals surface area contributed by atoms with Crippen molar-refractivity contribution in [3.05, 3.63) is 35.5 Å². The van der Waals surface area contributed by atoms with Gasteiger partial charge in [-0.3, -0.25) is 4.90 Å². The average Bonchev–Trinajstić information content (AvgIpc) is 2.94. The van der Waals surface area contributed by atoms with Gasteiger partial charge in [-0.1, -0.05) is 17.7 Å². The van der Waals surface area contributed by atoms with E-state index in [4.69, 9.17) is 26.1 Å². The number of nitrogens with one attached hydrogen (secondary N) is 2. The standard InChI is InChI=1S/C27H35ClN6O2/c28-23-17-30-26(32-20-4-6-21(7-5-20)34-10-14-36-15-11-34)16-22(23)24-2-1-3-25(33-24)31-19-27(18-29)8-12-35-13-9-27/h1-3,16-17,20-21H,4-15,19H2,(H,30,32)(H,31,33). The molecule has 1 saturated carbocycles. The number of morpholine rings is 1. The van der Waals surface area contributed by atoms with E-state index < -0.39 is 5.41 Å². The number of nitrogens with zero attached hydrogens (tertiary/aromatic N) is 4. The third kappa shape index (κ3) is 6.09. The van der Waals surface area contributed by atoms with Gasteiger partial charge in [0.25, 0.3) is 0 Å². The first-order valence-electron chi connectivity index (χ1n) is 13.1. The summed E-state index contributed by atoms with van der Waals surface area (Å²) < 4.78 is 10.9. The Balaban J connectivity index is 1.21. The molecular weight excluding hydrogens is 476 g/mol. The lowest BCUT2D eigenvalue weighted by molar-refractivity contribution is 0.00790. The second-order valence-electron chi connectivity index (χ2n) is 10.1. The minimum atomic E-state index is -0.415. The quantitative estimate of drug-likeness (QED) is 0.558. The second kappa shape index (κ2) is 11.7. The van der Waals surface area contributed by atoms with Crippen molar-refractivity contribution >= 4 is 23.2 Å². The first-order chi connectivity index (χ1) is 17.6. The van der Waals surface area contributed by atoms with Gasteiger partial charge in [-0.05, 0) is 56.7 Å². The van der Waals surface area contributed by atoms with Crippen molar-refractivity contribution in [3.8, 4) is 17.3 Å². The molecule has 2 N–H and O–H groups in total. The first-order valence-corrected chi connectivity index (χ1v) is 13.5. The minimum absolute atomic E-state index is 0.409. The second-order valence-corrected chi connectivity index (χ2v) is 10.5. The number of halogens is 1. The Morgan fingerprint density at radius 3 is 2.56 bits per heavy atom. The molecule has 1 aliphatic carbocycles. The van der Waals surface area contributed by atoms with Gasteiger partial charge in [-0.2, -0.15) is 5.26 Å². The van der Waals surface area contributed by atoms with Gasteiger partial charge in [0, 0.05) is 56.7 Å². The van der Waals surface area contributed by atoms with Crippen molar-refractivity contribution in [2.24, 2.45) is 5.41 Å². The van der Waals surface area contributed by atoms with E-state index in [9.17, 15) is 5.26 Å². The van der Waals surface area contributed by atoms with E-state index in [-0.39, 0.29) is 0 Å². The van der Waals surface area contributed by atoms with Crippen LogP contribution in [0.15, 0.2) is 30.5 Å². The first kappa shape index (κ1) is 25.2. The summed E-state index contributed by atoms with van der Waals surface area (Å²) in [7, 11) is 0. The zero-order valence-electron chi connectivity index (χ0n) is 20.7. The Morgan fingerprint density at radius 2 is 1.81 bits per heavy atom. The highest BCUT2D eigenvalue weighted by atomic mass is 35.5. The van der Waals surface area contributed by atoms with Crippen molar-refractivity contribution in [3.63, 3.8) is 0 Å². The number of aromatic nitrogens is 2. The van der Waals surface area contributed by atoms with Gasteiger partial charge in [0.2, 0.25) is 0 Å². The van der Waals surface area contributed by atoms with Crippen molar-refractivity contribution in [2.75, 3.05) is 56.7 Å². The van der Waals surface area contributed by atoms with E-state index in [1.807, 2.05) is 24.3 Å².